The summed E-state index contributed by atoms with van der Waals surface area (Å²) in [6.07, 6.45) is 0.992. The largest absolute Gasteiger partial charge is 0.355 e. The first-order chi connectivity index (χ1) is 10.2. The fraction of sp³-hybridized carbons (Fsp3) is 0.400. The highest BCUT2D eigenvalue weighted by Crippen LogP contribution is 2.20. The third-order valence-electron chi connectivity index (χ3n) is 3.84. The zero-order valence-electron chi connectivity index (χ0n) is 11.9. The van der Waals surface area contributed by atoms with Gasteiger partial charge < -0.3 is 9.88 Å². The molecule has 2 aromatic rings. The number of para-hydroxylation sites is 2. The van der Waals surface area contributed by atoms with Crippen molar-refractivity contribution in [1.29, 1.82) is 0 Å². The quantitative estimate of drug-likeness (QED) is 0.898. The zero-order chi connectivity index (χ0) is 14.8. The van der Waals surface area contributed by atoms with Gasteiger partial charge in [-0.2, -0.15) is 0 Å². The van der Waals surface area contributed by atoms with Gasteiger partial charge in [0.25, 0.3) is 0 Å². The molecule has 21 heavy (non-hydrogen) atoms. The van der Waals surface area contributed by atoms with Crippen LogP contribution in [-0.4, -0.2) is 27.9 Å². The first-order valence-electron chi connectivity index (χ1n) is 7.22. The molecular formula is C15H18N4O2. The Hall–Kier alpha value is -2.37. The number of aryl methyl sites for hydroxylation is 1. The van der Waals surface area contributed by atoms with Crippen LogP contribution < -0.4 is 10.6 Å². The summed E-state index contributed by atoms with van der Waals surface area (Å²) in [5, 5.41) is 5.62. The summed E-state index contributed by atoms with van der Waals surface area (Å²) in [7, 11) is 0. The maximum Gasteiger partial charge on any atom is 0.231 e. The number of imidazole rings is 1. The van der Waals surface area contributed by atoms with E-state index in [1.165, 1.54) is 0 Å². The summed E-state index contributed by atoms with van der Waals surface area (Å²) in [4.78, 5) is 27.9. The van der Waals surface area contributed by atoms with Crippen molar-refractivity contribution in [3.63, 3.8) is 0 Å². The van der Waals surface area contributed by atoms with Gasteiger partial charge in [-0.3, -0.25) is 14.9 Å². The average Bonchev–Trinajstić information content (AvgIpc) is 2.84. The molecule has 1 fully saturated rings. The lowest BCUT2D eigenvalue weighted by Gasteiger charge is -2.21. The molecule has 1 atom stereocenters. The van der Waals surface area contributed by atoms with E-state index in [0.29, 0.717) is 25.3 Å². The smallest absolute Gasteiger partial charge is 0.231 e. The minimum Gasteiger partial charge on any atom is -0.355 e. The summed E-state index contributed by atoms with van der Waals surface area (Å²) in [5.41, 5.74) is 1.87. The number of fused-ring (bicyclic) bond motifs is 1. The third kappa shape index (κ3) is 2.61. The SMILES string of the molecule is CCn1c(NC(=O)C2CCC(=O)NC2)nc2ccccc21. The molecule has 6 heteroatoms. The van der Waals surface area contributed by atoms with Crippen LogP contribution in [0.3, 0.4) is 0 Å². The number of carbonyl (C=O) groups is 2. The number of anilines is 1. The van der Waals surface area contributed by atoms with Crippen molar-refractivity contribution in [2.75, 3.05) is 11.9 Å². The zero-order valence-corrected chi connectivity index (χ0v) is 11.9. The Balaban J connectivity index is 1.81. The van der Waals surface area contributed by atoms with Gasteiger partial charge in [0.2, 0.25) is 17.8 Å². The molecule has 2 amide bonds. The van der Waals surface area contributed by atoms with E-state index in [-0.39, 0.29) is 17.7 Å². The van der Waals surface area contributed by atoms with Crippen LogP contribution in [0, 0.1) is 5.92 Å². The third-order valence-corrected chi connectivity index (χ3v) is 3.84. The standard InChI is InChI=1S/C15H18N4O2/c1-2-19-12-6-4-3-5-11(12)17-15(19)18-14(21)10-7-8-13(20)16-9-10/h3-6,10H,2,7-9H2,1H3,(H,16,20)(H,17,18,21). The predicted octanol–water partition coefficient (Wildman–Crippen LogP) is 1.52. The number of nitrogens with one attached hydrogen (secondary N) is 2. The van der Waals surface area contributed by atoms with Crippen molar-refractivity contribution in [1.82, 2.24) is 14.9 Å². The van der Waals surface area contributed by atoms with E-state index in [1.54, 1.807) is 0 Å². The van der Waals surface area contributed by atoms with Crippen LogP contribution in [0.25, 0.3) is 11.0 Å². The summed E-state index contributed by atoms with van der Waals surface area (Å²) in [6, 6.07) is 7.80. The molecule has 1 aromatic heterocycles. The first kappa shape index (κ1) is 13.6. The molecule has 1 aromatic carbocycles. The lowest BCUT2D eigenvalue weighted by atomic mass is 9.98. The number of piperidine rings is 1. The fourth-order valence-corrected chi connectivity index (χ4v) is 2.66. The van der Waals surface area contributed by atoms with Crippen LogP contribution in [0.5, 0.6) is 0 Å². The Bertz CT molecular complexity index is 682. The first-order valence-corrected chi connectivity index (χ1v) is 7.22. The lowest BCUT2D eigenvalue weighted by molar-refractivity contribution is -0.126. The second-order valence-electron chi connectivity index (χ2n) is 5.20. The monoisotopic (exact) mass is 286 g/mol. The van der Waals surface area contributed by atoms with Gasteiger partial charge in [0, 0.05) is 19.5 Å². The Morgan fingerprint density at radius 2 is 2.29 bits per heavy atom. The highest BCUT2D eigenvalue weighted by Gasteiger charge is 2.25. The van der Waals surface area contributed by atoms with Crippen LogP contribution in [0.4, 0.5) is 5.95 Å². The van der Waals surface area contributed by atoms with Gasteiger partial charge in [0.1, 0.15) is 0 Å². The lowest BCUT2D eigenvalue weighted by Crippen LogP contribution is -2.40. The number of aromatic nitrogens is 2. The topological polar surface area (TPSA) is 76.0 Å². The van der Waals surface area contributed by atoms with Gasteiger partial charge in [0.05, 0.1) is 17.0 Å². The summed E-state index contributed by atoms with van der Waals surface area (Å²) in [6.45, 7) is 3.15. The highest BCUT2D eigenvalue weighted by atomic mass is 16.2. The van der Waals surface area contributed by atoms with E-state index in [2.05, 4.69) is 15.6 Å². The average molecular weight is 286 g/mol. The van der Waals surface area contributed by atoms with Crippen molar-refractivity contribution in [2.24, 2.45) is 5.92 Å². The molecule has 110 valence electrons. The number of benzene rings is 1. The maximum atomic E-state index is 12.3. The summed E-state index contributed by atoms with van der Waals surface area (Å²) < 4.78 is 1.98. The van der Waals surface area contributed by atoms with E-state index in [9.17, 15) is 9.59 Å². The normalized spacial score (nSPS) is 18.5. The minimum atomic E-state index is -0.187. The maximum absolute atomic E-state index is 12.3. The molecule has 2 heterocycles. The molecule has 3 rings (SSSR count). The van der Waals surface area contributed by atoms with Gasteiger partial charge >= 0.3 is 0 Å². The van der Waals surface area contributed by atoms with Crippen molar-refractivity contribution in [3.05, 3.63) is 24.3 Å². The number of hydrogen-bond acceptors (Lipinski definition) is 3. The highest BCUT2D eigenvalue weighted by molar-refractivity contribution is 5.94. The number of amides is 2. The number of carbonyl (C=O) groups excluding carboxylic acids is 2. The number of hydrogen-bond donors (Lipinski definition) is 2. The number of nitrogens with zero attached hydrogens (tertiary/aromatic N) is 2. The van der Waals surface area contributed by atoms with Crippen LogP contribution in [0.2, 0.25) is 0 Å². The number of rotatable bonds is 3. The molecule has 0 radical (unpaired) electrons. The van der Waals surface area contributed by atoms with Crippen LogP contribution in [0.1, 0.15) is 19.8 Å². The fourth-order valence-electron chi connectivity index (χ4n) is 2.66. The molecule has 1 unspecified atom stereocenters. The summed E-state index contributed by atoms with van der Waals surface area (Å²) in [5.74, 6) is 0.313. The molecule has 0 spiro atoms. The van der Waals surface area contributed by atoms with E-state index >= 15 is 0 Å². The van der Waals surface area contributed by atoms with Gasteiger partial charge in [-0.15, -0.1) is 0 Å². The van der Waals surface area contributed by atoms with Crippen LogP contribution >= 0.6 is 0 Å². The second kappa shape index (κ2) is 5.55. The van der Waals surface area contributed by atoms with Gasteiger partial charge in [0.15, 0.2) is 0 Å². The molecule has 1 aliphatic heterocycles. The molecular weight excluding hydrogens is 268 g/mol. The Morgan fingerprint density at radius 3 is 3.00 bits per heavy atom. The Morgan fingerprint density at radius 1 is 1.48 bits per heavy atom. The molecule has 1 aliphatic rings. The second-order valence-corrected chi connectivity index (χ2v) is 5.20. The molecule has 1 saturated heterocycles. The minimum absolute atomic E-state index is 0.0137. The Labute approximate surface area is 122 Å². The van der Waals surface area contributed by atoms with Crippen molar-refractivity contribution < 1.29 is 9.59 Å². The van der Waals surface area contributed by atoms with Crippen molar-refractivity contribution in [2.45, 2.75) is 26.3 Å². The molecule has 6 nitrogen and oxygen atoms in total. The van der Waals surface area contributed by atoms with E-state index < -0.39 is 0 Å². The van der Waals surface area contributed by atoms with Gasteiger partial charge in [-0.25, -0.2) is 4.98 Å². The predicted molar refractivity (Wildman–Crippen MR) is 79.8 cm³/mol. The van der Waals surface area contributed by atoms with Crippen LogP contribution in [0.15, 0.2) is 24.3 Å². The van der Waals surface area contributed by atoms with Crippen molar-refractivity contribution >= 4 is 28.8 Å². The molecule has 2 N–H and O–H groups in total. The van der Waals surface area contributed by atoms with Gasteiger partial charge in [-0.1, -0.05) is 12.1 Å². The molecule has 0 bridgehead atoms. The van der Waals surface area contributed by atoms with Crippen LogP contribution in [-0.2, 0) is 16.1 Å². The molecule has 0 aliphatic carbocycles. The van der Waals surface area contributed by atoms with Crippen molar-refractivity contribution in [3.8, 4) is 0 Å². The Kier molecular flexibility index (Phi) is 3.60. The van der Waals surface area contributed by atoms with E-state index in [4.69, 9.17) is 0 Å². The van der Waals surface area contributed by atoms with E-state index in [0.717, 1.165) is 17.6 Å². The summed E-state index contributed by atoms with van der Waals surface area (Å²) >= 11 is 0. The van der Waals surface area contributed by atoms with E-state index in [1.807, 2.05) is 35.8 Å². The molecule has 0 saturated carbocycles. The van der Waals surface area contributed by atoms with Gasteiger partial charge in [-0.05, 0) is 25.5 Å².